The van der Waals surface area contributed by atoms with E-state index in [2.05, 4.69) is 12.2 Å². The number of carbonyl (C=O) groups excluding carboxylic acids is 3. The summed E-state index contributed by atoms with van der Waals surface area (Å²) in [7, 11) is 1.60. The Labute approximate surface area is 234 Å². The molecular weight excluding hydrogens is 516 g/mol. The van der Waals surface area contributed by atoms with Crippen LogP contribution in [0.1, 0.15) is 45.4 Å². The zero-order valence-corrected chi connectivity index (χ0v) is 23.5. The van der Waals surface area contributed by atoms with Crippen molar-refractivity contribution in [2.75, 3.05) is 38.3 Å². The molecule has 1 aromatic carbocycles. The van der Waals surface area contributed by atoms with E-state index in [0.29, 0.717) is 31.9 Å². The number of ether oxygens (including phenoxy) is 2. The van der Waals surface area contributed by atoms with E-state index in [4.69, 9.17) is 14.6 Å². The SMILES string of the molecule is COc1ccc(N2CC=C[C@]34S[C@]5(C)/C=C\CCCOC(=O)[C@@H]5[C@H]3C(=O)N(CCCCCCO)C4C2=O)cc1. The zero-order chi connectivity index (χ0) is 27.6. The van der Waals surface area contributed by atoms with Crippen molar-refractivity contribution in [2.24, 2.45) is 11.8 Å². The second-order valence-electron chi connectivity index (χ2n) is 10.9. The van der Waals surface area contributed by atoms with Crippen LogP contribution in [0.25, 0.3) is 0 Å². The molecule has 5 rings (SSSR count). The van der Waals surface area contributed by atoms with Gasteiger partial charge in [0.25, 0.3) is 5.91 Å². The second-order valence-corrected chi connectivity index (χ2v) is 12.7. The topological polar surface area (TPSA) is 96.4 Å². The van der Waals surface area contributed by atoms with E-state index < -0.39 is 27.4 Å². The van der Waals surface area contributed by atoms with Crippen LogP contribution >= 0.6 is 11.8 Å². The molecule has 0 radical (unpaired) electrons. The number of anilines is 1. The number of unbranched alkanes of at least 4 members (excludes halogenated alkanes) is 3. The zero-order valence-electron chi connectivity index (χ0n) is 22.7. The van der Waals surface area contributed by atoms with E-state index in [9.17, 15) is 14.4 Å². The Kier molecular flexibility index (Phi) is 8.10. The molecule has 0 aromatic heterocycles. The lowest BCUT2D eigenvalue weighted by molar-refractivity contribution is -0.154. The minimum Gasteiger partial charge on any atom is -0.497 e. The van der Waals surface area contributed by atoms with Crippen molar-refractivity contribution < 1.29 is 29.0 Å². The van der Waals surface area contributed by atoms with Crippen molar-refractivity contribution in [1.29, 1.82) is 0 Å². The van der Waals surface area contributed by atoms with E-state index in [-0.39, 0.29) is 24.4 Å². The van der Waals surface area contributed by atoms with E-state index >= 15 is 0 Å². The number of esters is 1. The predicted octanol–water partition coefficient (Wildman–Crippen LogP) is 3.73. The summed E-state index contributed by atoms with van der Waals surface area (Å²) in [5.74, 6) is -1.32. The molecule has 4 aliphatic rings. The van der Waals surface area contributed by atoms with Gasteiger partial charge in [0.05, 0.1) is 30.3 Å². The van der Waals surface area contributed by atoms with Crippen LogP contribution in [-0.2, 0) is 19.1 Å². The molecule has 1 unspecified atom stereocenters. The fourth-order valence-corrected chi connectivity index (χ4v) is 8.77. The van der Waals surface area contributed by atoms with E-state index in [1.807, 2.05) is 43.3 Å². The van der Waals surface area contributed by atoms with E-state index in [1.165, 1.54) is 0 Å². The number of cyclic esters (lactones) is 1. The Bertz CT molecular complexity index is 1150. The minimum atomic E-state index is -0.886. The molecule has 2 amide bonds. The van der Waals surface area contributed by atoms with Crippen LogP contribution in [0, 0.1) is 11.8 Å². The van der Waals surface area contributed by atoms with Crippen LogP contribution in [0.4, 0.5) is 5.69 Å². The van der Waals surface area contributed by atoms with Crippen LogP contribution in [0.5, 0.6) is 5.75 Å². The number of carbonyl (C=O) groups is 3. The summed E-state index contributed by atoms with van der Waals surface area (Å²) in [6.07, 6.45) is 12.8. The molecule has 4 aliphatic heterocycles. The molecule has 1 spiro atoms. The van der Waals surface area contributed by atoms with Gasteiger partial charge in [0.2, 0.25) is 5.91 Å². The van der Waals surface area contributed by atoms with Crippen molar-refractivity contribution in [3.05, 3.63) is 48.6 Å². The van der Waals surface area contributed by atoms with Gasteiger partial charge in [0, 0.05) is 30.1 Å². The maximum Gasteiger partial charge on any atom is 0.311 e. The van der Waals surface area contributed by atoms with Gasteiger partial charge in [0.15, 0.2) is 0 Å². The van der Waals surface area contributed by atoms with Gasteiger partial charge in [-0.15, -0.1) is 11.8 Å². The normalized spacial score (nSPS) is 32.9. The highest BCUT2D eigenvalue weighted by Crippen LogP contribution is 2.65. The molecule has 9 heteroatoms. The molecule has 4 heterocycles. The number of allylic oxidation sites excluding steroid dienone is 1. The molecule has 2 saturated heterocycles. The molecule has 39 heavy (non-hydrogen) atoms. The minimum absolute atomic E-state index is 0.142. The number of hydrogen-bond acceptors (Lipinski definition) is 7. The lowest BCUT2D eigenvalue weighted by Gasteiger charge is -2.37. The number of amides is 2. The maximum absolute atomic E-state index is 14.5. The number of fused-ring (bicyclic) bond motifs is 2. The van der Waals surface area contributed by atoms with Crippen LogP contribution in [-0.4, -0.2) is 76.7 Å². The van der Waals surface area contributed by atoms with Gasteiger partial charge in [-0.05, 0) is 56.9 Å². The Morgan fingerprint density at radius 2 is 1.79 bits per heavy atom. The maximum atomic E-state index is 14.5. The van der Waals surface area contributed by atoms with Crippen molar-refractivity contribution in [2.45, 2.75) is 61.0 Å². The van der Waals surface area contributed by atoms with Gasteiger partial charge >= 0.3 is 5.97 Å². The standard InChI is InChI=1S/C30H38N2O6S/c1-29-15-6-5-9-20-38-28(36)24(29)23-26(34)32(17-7-3-4-8-19-33)25-27(35)31(18-10-16-30(23,25)39-29)21-11-13-22(37-2)14-12-21/h6,10-16,23-25,33H,3-5,7-9,17-20H2,1-2H3/b15-6-/t23-,24-,25?,29+,30-/m0/s1. The molecule has 0 bridgehead atoms. The number of likely N-dealkylation sites (tertiary alicyclic amines) is 1. The predicted molar refractivity (Wildman–Crippen MR) is 151 cm³/mol. The molecule has 2 fully saturated rings. The number of benzene rings is 1. The van der Waals surface area contributed by atoms with Crippen molar-refractivity contribution in [1.82, 2.24) is 4.90 Å². The number of methoxy groups -OCH3 is 1. The quantitative estimate of drug-likeness (QED) is 0.297. The Morgan fingerprint density at radius 1 is 1.03 bits per heavy atom. The molecule has 5 atom stereocenters. The second kappa shape index (κ2) is 11.4. The molecule has 1 aromatic rings. The Balaban J connectivity index is 1.55. The molecule has 0 aliphatic carbocycles. The van der Waals surface area contributed by atoms with E-state index in [1.54, 1.807) is 28.7 Å². The Hall–Kier alpha value is -2.78. The van der Waals surface area contributed by atoms with E-state index in [0.717, 1.165) is 37.8 Å². The Morgan fingerprint density at radius 3 is 2.54 bits per heavy atom. The van der Waals surface area contributed by atoms with Gasteiger partial charge in [-0.1, -0.05) is 37.1 Å². The largest absolute Gasteiger partial charge is 0.497 e. The first kappa shape index (κ1) is 27.8. The summed E-state index contributed by atoms with van der Waals surface area (Å²) in [4.78, 5) is 45.8. The van der Waals surface area contributed by atoms with Gasteiger partial charge < -0.3 is 24.4 Å². The fraction of sp³-hybridized carbons (Fsp3) is 0.567. The smallest absolute Gasteiger partial charge is 0.311 e. The van der Waals surface area contributed by atoms with Gasteiger partial charge in [-0.2, -0.15) is 0 Å². The molecule has 1 N–H and O–H groups in total. The monoisotopic (exact) mass is 554 g/mol. The summed E-state index contributed by atoms with van der Waals surface area (Å²) >= 11 is 1.57. The first-order chi connectivity index (χ1) is 18.9. The average molecular weight is 555 g/mol. The number of aliphatic hydroxyl groups is 1. The van der Waals surface area contributed by atoms with Crippen LogP contribution in [0.3, 0.4) is 0 Å². The molecule has 0 saturated carbocycles. The lowest BCUT2D eigenvalue weighted by atomic mass is 9.74. The summed E-state index contributed by atoms with van der Waals surface area (Å²) in [5.41, 5.74) is 0.734. The van der Waals surface area contributed by atoms with Crippen molar-refractivity contribution in [3.8, 4) is 5.75 Å². The third-order valence-electron chi connectivity index (χ3n) is 8.44. The van der Waals surface area contributed by atoms with Crippen molar-refractivity contribution >= 4 is 35.2 Å². The fourth-order valence-electron chi connectivity index (χ4n) is 6.62. The van der Waals surface area contributed by atoms with Gasteiger partial charge in [0.1, 0.15) is 11.8 Å². The highest BCUT2D eigenvalue weighted by Gasteiger charge is 2.73. The summed E-state index contributed by atoms with van der Waals surface area (Å²) in [5, 5.41) is 9.16. The van der Waals surface area contributed by atoms with Gasteiger partial charge in [-0.3, -0.25) is 14.4 Å². The number of aliphatic hydroxyl groups excluding tert-OH is 1. The third kappa shape index (κ3) is 4.88. The van der Waals surface area contributed by atoms with Gasteiger partial charge in [-0.25, -0.2) is 0 Å². The number of hydrogen-bond donors (Lipinski definition) is 1. The van der Waals surface area contributed by atoms with Crippen LogP contribution in [0.2, 0.25) is 0 Å². The first-order valence-electron chi connectivity index (χ1n) is 14.0. The highest BCUT2D eigenvalue weighted by molar-refractivity contribution is 8.02. The number of thioether (sulfide) groups is 1. The third-order valence-corrected chi connectivity index (χ3v) is 10.2. The number of nitrogens with zero attached hydrogens (tertiary/aromatic N) is 2. The summed E-state index contributed by atoms with van der Waals surface area (Å²) < 4.78 is 9.43. The molecule has 210 valence electrons. The highest BCUT2D eigenvalue weighted by atomic mass is 32.2. The molecular formula is C30H38N2O6S. The number of rotatable bonds is 8. The average Bonchev–Trinajstić information content (AvgIpc) is 3.27. The lowest BCUT2D eigenvalue weighted by Crippen LogP contribution is -2.53. The van der Waals surface area contributed by atoms with Crippen LogP contribution < -0.4 is 9.64 Å². The summed E-state index contributed by atoms with van der Waals surface area (Å²) in [6.45, 7) is 3.27. The molecule has 8 nitrogen and oxygen atoms in total. The van der Waals surface area contributed by atoms with Crippen molar-refractivity contribution in [3.63, 3.8) is 0 Å². The first-order valence-corrected chi connectivity index (χ1v) is 14.8. The summed E-state index contributed by atoms with van der Waals surface area (Å²) in [6, 6.07) is 6.62. The van der Waals surface area contributed by atoms with Crippen LogP contribution in [0.15, 0.2) is 48.6 Å².